The van der Waals surface area contributed by atoms with E-state index in [1.165, 1.54) is 66.8 Å². The van der Waals surface area contributed by atoms with Crippen LogP contribution in [0, 0.1) is 41.5 Å². The number of rotatable bonds is 11. The molecule has 2 aromatic rings. The van der Waals surface area contributed by atoms with Crippen molar-refractivity contribution in [2.45, 2.75) is 82.1 Å². The van der Waals surface area contributed by atoms with Gasteiger partial charge in [-0.15, -0.1) is 0 Å². The van der Waals surface area contributed by atoms with Crippen LogP contribution in [-0.4, -0.2) is 0 Å². The first-order valence-corrected chi connectivity index (χ1v) is 14.5. The van der Waals surface area contributed by atoms with Gasteiger partial charge in [0.25, 0.3) is 0 Å². The Hall–Kier alpha value is -3.64. The molecule has 0 aliphatic heterocycles. The van der Waals surface area contributed by atoms with Gasteiger partial charge in [0.2, 0.25) is 0 Å². The Bertz CT molecular complexity index is 1400. The van der Waals surface area contributed by atoms with Crippen molar-refractivity contribution in [1.29, 1.82) is 0 Å². The van der Waals surface area contributed by atoms with Crippen LogP contribution < -0.4 is 0 Å². The maximum absolute atomic E-state index is 2.25. The molecule has 0 amide bonds. The summed E-state index contributed by atoms with van der Waals surface area (Å²) in [5.41, 5.74) is 16.2. The van der Waals surface area contributed by atoms with Crippen molar-refractivity contribution in [3.05, 3.63) is 158 Å². The third kappa shape index (κ3) is 10.9. The van der Waals surface area contributed by atoms with E-state index in [1.807, 2.05) is 0 Å². The zero-order chi connectivity index (χ0) is 29.7. The van der Waals surface area contributed by atoms with Gasteiger partial charge in [-0.1, -0.05) is 119 Å². The fraction of sp³-hybridized carbons (Fsp3) is 0.300. The molecule has 0 aliphatic carbocycles. The average Bonchev–Trinajstić information content (AvgIpc) is 2.91. The molecule has 2 aromatic carbocycles. The van der Waals surface area contributed by atoms with Crippen molar-refractivity contribution in [3.8, 4) is 0 Å². The van der Waals surface area contributed by atoms with E-state index in [9.17, 15) is 0 Å². The Morgan fingerprint density at radius 2 is 1.00 bits per heavy atom. The van der Waals surface area contributed by atoms with Gasteiger partial charge in [0.15, 0.2) is 0 Å². The smallest absolute Gasteiger partial charge is 0.0195 e. The summed E-state index contributed by atoms with van der Waals surface area (Å²) in [6.07, 6.45) is 28.1. The van der Waals surface area contributed by atoms with Gasteiger partial charge in [-0.25, -0.2) is 0 Å². The third-order valence-corrected chi connectivity index (χ3v) is 7.68. The van der Waals surface area contributed by atoms with Crippen LogP contribution in [0.5, 0.6) is 0 Å². The van der Waals surface area contributed by atoms with E-state index in [0.29, 0.717) is 0 Å². The third-order valence-electron chi connectivity index (χ3n) is 7.68. The predicted molar refractivity (Wildman–Crippen MR) is 181 cm³/mol. The molecule has 0 atom stereocenters. The van der Waals surface area contributed by atoms with Crippen molar-refractivity contribution >= 4 is 6.08 Å². The van der Waals surface area contributed by atoms with Crippen molar-refractivity contribution in [3.63, 3.8) is 0 Å². The lowest BCUT2D eigenvalue weighted by molar-refractivity contribution is 0.918. The molecule has 0 aliphatic rings. The fourth-order valence-corrected chi connectivity index (χ4v) is 4.54. The van der Waals surface area contributed by atoms with E-state index < -0.39 is 0 Å². The summed E-state index contributed by atoms with van der Waals surface area (Å²) in [7, 11) is 0. The minimum atomic E-state index is 1.09. The first-order valence-electron chi connectivity index (χ1n) is 14.5. The average molecular weight is 531 g/mol. The molecular weight excluding hydrogens is 480 g/mol. The lowest BCUT2D eigenvalue weighted by atomic mass is 9.93. The molecule has 0 nitrogen and oxygen atoms in total. The standard InChI is InChI=1S/C40H50/c1-29(17-13-19-31(3)21-27-39-35(7)25-23-33(5)37(39)9)15-11-12-16-30(2)18-14-20-32(4)22-28-40-36(8)26-24-34(6)38(40)10/h11-21,23-27H,22,28H2,1-10H3/b12-11+,17-13+,18-14+,27-21+,29-15+,30-16+,31-19+,32-20+. The van der Waals surface area contributed by atoms with Crippen molar-refractivity contribution in [2.75, 3.05) is 0 Å². The molecule has 0 saturated carbocycles. The van der Waals surface area contributed by atoms with Gasteiger partial charge in [0.1, 0.15) is 0 Å². The Labute approximate surface area is 245 Å². The molecule has 0 N–H and O–H groups in total. The van der Waals surface area contributed by atoms with Gasteiger partial charge < -0.3 is 0 Å². The quantitative estimate of drug-likeness (QED) is 0.253. The summed E-state index contributed by atoms with van der Waals surface area (Å²) in [5, 5.41) is 0. The van der Waals surface area contributed by atoms with Crippen LogP contribution in [0.1, 0.15) is 78.6 Å². The number of hydrogen-bond acceptors (Lipinski definition) is 0. The summed E-state index contributed by atoms with van der Waals surface area (Å²) >= 11 is 0. The first-order chi connectivity index (χ1) is 19.0. The molecule has 2 rings (SSSR count). The van der Waals surface area contributed by atoms with E-state index in [4.69, 9.17) is 0 Å². The lowest BCUT2D eigenvalue weighted by Crippen LogP contribution is -1.97. The molecule has 0 bridgehead atoms. The Balaban J connectivity index is 1.87. The minimum Gasteiger partial charge on any atom is -0.0730 e. The van der Waals surface area contributed by atoms with E-state index in [-0.39, 0.29) is 0 Å². The molecule has 0 fully saturated rings. The molecule has 0 radical (unpaired) electrons. The highest BCUT2D eigenvalue weighted by Gasteiger charge is 2.05. The summed E-state index contributed by atoms with van der Waals surface area (Å²) < 4.78 is 0. The van der Waals surface area contributed by atoms with Crippen LogP contribution in [-0.2, 0) is 6.42 Å². The normalized spacial score (nSPS) is 14.2. The summed E-state index contributed by atoms with van der Waals surface area (Å²) in [6.45, 7) is 21.9. The monoisotopic (exact) mass is 530 g/mol. The van der Waals surface area contributed by atoms with Crippen LogP contribution in [0.15, 0.2) is 113 Å². The van der Waals surface area contributed by atoms with Crippen molar-refractivity contribution < 1.29 is 0 Å². The zero-order valence-corrected chi connectivity index (χ0v) is 26.7. The van der Waals surface area contributed by atoms with E-state index in [1.54, 1.807) is 0 Å². The van der Waals surface area contributed by atoms with Gasteiger partial charge in [-0.3, -0.25) is 0 Å². The van der Waals surface area contributed by atoms with Gasteiger partial charge in [0.05, 0.1) is 0 Å². The number of hydrogen-bond donors (Lipinski definition) is 0. The molecule has 0 heteroatoms. The Kier molecular flexibility index (Phi) is 13.4. The lowest BCUT2D eigenvalue weighted by Gasteiger charge is -2.12. The molecular formula is C40H50. The highest BCUT2D eigenvalue weighted by molar-refractivity contribution is 5.61. The van der Waals surface area contributed by atoms with Gasteiger partial charge in [-0.05, 0) is 127 Å². The Morgan fingerprint density at radius 1 is 0.525 bits per heavy atom. The van der Waals surface area contributed by atoms with Crippen LogP contribution >= 0.6 is 0 Å². The molecule has 210 valence electrons. The van der Waals surface area contributed by atoms with Crippen LogP contribution in [0.4, 0.5) is 0 Å². The first kappa shape index (κ1) is 32.6. The maximum atomic E-state index is 2.25. The van der Waals surface area contributed by atoms with Crippen LogP contribution in [0.3, 0.4) is 0 Å². The fourth-order valence-electron chi connectivity index (χ4n) is 4.54. The second-order valence-corrected chi connectivity index (χ2v) is 11.2. The predicted octanol–water partition coefficient (Wildman–Crippen LogP) is 11.6. The maximum Gasteiger partial charge on any atom is -0.0195 e. The van der Waals surface area contributed by atoms with E-state index >= 15 is 0 Å². The van der Waals surface area contributed by atoms with E-state index in [2.05, 4.69) is 166 Å². The summed E-state index contributed by atoms with van der Waals surface area (Å²) in [4.78, 5) is 0. The number of allylic oxidation sites excluding steroid dienone is 15. The SMILES string of the molecule is CC(/C=C/C=C(C)/C=C/c1c(C)ccc(C)c1C)=C\C=C\C=C(C)\C=C\C=C(/C)CCc1c(C)ccc(C)c1C. The molecule has 40 heavy (non-hydrogen) atoms. The summed E-state index contributed by atoms with van der Waals surface area (Å²) in [6, 6.07) is 8.87. The van der Waals surface area contributed by atoms with Crippen molar-refractivity contribution in [2.24, 2.45) is 0 Å². The topological polar surface area (TPSA) is 0 Å². The van der Waals surface area contributed by atoms with Gasteiger partial charge >= 0.3 is 0 Å². The highest BCUT2D eigenvalue weighted by Crippen LogP contribution is 2.21. The number of benzene rings is 2. The molecule has 0 spiro atoms. The highest BCUT2D eigenvalue weighted by atomic mass is 14.1. The minimum absolute atomic E-state index is 1.09. The van der Waals surface area contributed by atoms with Gasteiger partial charge in [0, 0.05) is 0 Å². The molecule has 0 saturated heterocycles. The molecule has 0 heterocycles. The second-order valence-electron chi connectivity index (χ2n) is 11.2. The molecule has 0 unspecified atom stereocenters. The summed E-state index contributed by atoms with van der Waals surface area (Å²) in [5.74, 6) is 0. The Morgan fingerprint density at radius 3 is 1.62 bits per heavy atom. The molecule has 0 aromatic heterocycles. The van der Waals surface area contributed by atoms with Crippen LogP contribution in [0.2, 0.25) is 0 Å². The van der Waals surface area contributed by atoms with Gasteiger partial charge in [-0.2, -0.15) is 0 Å². The van der Waals surface area contributed by atoms with Crippen molar-refractivity contribution in [1.82, 2.24) is 0 Å². The largest absolute Gasteiger partial charge is 0.0730 e. The number of aryl methyl sites for hydroxylation is 4. The second kappa shape index (κ2) is 16.5. The van der Waals surface area contributed by atoms with Crippen LogP contribution in [0.25, 0.3) is 6.08 Å². The zero-order valence-electron chi connectivity index (χ0n) is 26.7. The van der Waals surface area contributed by atoms with E-state index in [0.717, 1.165) is 12.8 Å².